The van der Waals surface area contributed by atoms with Gasteiger partial charge in [-0.1, -0.05) is 0 Å². The first kappa shape index (κ1) is 23.1. The highest BCUT2D eigenvalue weighted by atomic mass is 35.5. The summed E-state index contributed by atoms with van der Waals surface area (Å²) in [5, 5.41) is 8.87. The number of anilines is 1. The van der Waals surface area contributed by atoms with Crippen molar-refractivity contribution in [2.24, 2.45) is 0 Å². The van der Waals surface area contributed by atoms with Gasteiger partial charge in [-0.15, -0.1) is 12.4 Å². The fraction of sp³-hybridized carbons (Fsp3) is 0.273. The SMILES string of the molecule is Cl.O=C(O)c1cn(-c2ccc(F)cc2F)c2c(F)c(N3CCN4CCC3C4)c(F)cc2c1=O. The summed E-state index contributed by atoms with van der Waals surface area (Å²) in [5.74, 6) is -5.72. The van der Waals surface area contributed by atoms with Crippen LogP contribution in [0.1, 0.15) is 16.8 Å². The molecule has 0 radical (unpaired) electrons. The Balaban J connectivity index is 0.00000259. The van der Waals surface area contributed by atoms with Crippen molar-refractivity contribution in [1.29, 1.82) is 0 Å². The molecule has 11 heteroatoms. The molecule has 3 aromatic rings. The van der Waals surface area contributed by atoms with Crippen molar-refractivity contribution in [3.8, 4) is 5.69 Å². The molecule has 0 amide bonds. The molecule has 5 rings (SSSR count). The minimum atomic E-state index is -1.64. The van der Waals surface area contributed by atoms with Gasteiger partial charge in [0.1, 0.15) is 28.7 Å². The second-order valence-electron chi connectivity index (χ2n) is 8.00. The summed E-state index contributed by atoms with van der Waals surface area (Å²) in [5.41, 5.74) is -3.08. The number of aromatic carboxylic acids is 1. The number of aromatic nitrogens is 1. The molecule has 2 aliphatic heterocycles. The van der Waals surface area contributed by atoms with Crippen LogP contribution in [0.3, 0.4) is 0 Å². The zero-order valence-electron chi connectivity index (χ0n) is 17.0. The van der Waals surface area contributed by atoms with E-state index >= 15 is 8.78 Å². The van der Waals surface area contributed by atoms with Crippen molar-refractivity contribution in [3.63, 3.8) is 0 Å². The summed E-state index contributed by atoms with van der Waals surface area (Å²) >= 11 is 0. The summed E-state index contributed by atoms with van der Waals surface area (Å²) in [6.45, 7) is 2.44. The van der Waals surface area contributed by atoms with Gasteiger partial charge in [0.05, 0.1) is 16.6 Å². The van der Waals surface area contributed by atoms with E-state index in [4.69, 9.17) is 0 Å². The van der Waals surface area contributed by atoms with Gasteiger partial charge in [-0.3, -0.25) is 9.69 Å². The van der Waals surface area contributed by atoms with Crippen molar-refractivity contribution in [1.82, 2.24) is 9.47 Å². The molecule has 0 spiro atoms. The summed E-state index contributed by atoms with van der Waals surface area (Å²) in [6.07, 6.45) is 1.50. The van der Waals surface area contributed by atoms with E-state index in [0.717, 1.165) is 35.5 Å². The molecule has 33 heavy (non-hydrogen) atoms. The van der Waals surface area contributed by atoms with Gasteiger partial charge in [-0.25, -0.2) is 22.4 Å². The number of nitrogens with zero attached hydrogens (tertiary/aromatic N) is 3. The van der Waals surface area contributed by atoms with Gasteiger partial charge in [0.15, 0.2) is 5.82 Å². The number of hydrogen-bond donors (Lipinski definition) is 1. The molecule has 0 aliphatic carbocycles. The summed E-state index contributed by atoms with van der Waals surface area (Å²) in [4.78, 5) is 28.1. The van der Waals surface area contributed by atoms with E-state index < -0.39 is 51.1 Å². The highest BCUT2D eigenvalue weighted by Gasteiger charge is 2.36. The Hall–Kier alpha value is -3.11. The van der Waals surface area contributed by atoms with Crippen LogP contribution in [0.25, 0.3) is 16.6 Å². The lowest BCUT2D eigenvalue weighted by molar-refractivity contribution is 0.0695. The molecule has 174 valence electrons. The Bertz CT molecular complexity index is 1350. The predicted molar refractivity (Wildman–Crippen MR) is 116 cm³/mol. The second kappa shape index (κ2) is 8.35. The molecule has 1 aromatic heterocycles. The topological polar surface area (TPSA) is 65.8 Å². The first-order valence-corrected chi connectivity index (χ1v) is 10.0. The minimum absolute atomic E-state index is 0. The molecule has 2 atom stereocenters. The van der Waals surface area contributed by atoms with Gasteiger partial charge in [0.2, 0.25) is 5.43 Å². The molecular formula is C22H18ClF4N3O3. The van der Waals surface area contributed by atoms with Crippen molar-refractivity contribution in [2.75, 3.05) is 31.1 Å². The number of pyridine rings is 1. The van der Waals surface area contributed by atoms with Crippen molar-refractivity contribution in [2.45, 2.75) is 12.5 Å². The van der Waals surface area contributed by atoms with Crippen LogP contribution in [0.4, 0.5) is 23.2 Å². The van der Waals surface area contributed by atoms with Crippen LogP contribution in [0.5, 0.6) is 0 Å². The third-order valence-electron chi connectivity index (χ3n) is 6.19. The van der Waals surface area contributed by atoms with Crippen LogP contribution in [-0.2, 0) is 0 Å². The van der Waals surface area contributed by atoms with Crippen LogP contribution < -0.4 is 10.3 Å². The fourth-order valence-corrected chi connectivity index (χ4v) is 4.68. The average Bonchev–Trinajstić information content (AvgIpc) is 3.11. The number of hydrogen-bond acceptors (Lipinski definition) is 4. The lowest BCUT2D eigenvalue weighted by atomic mass is 10.1. The number of rotatable bonds is 3. The van der Waals surface area contributed by atoms with Crippen LogP contribution in [0, 0.1) is 23.3 Å². The molecule has 2 saturated heterocycles. The molecule has 3 heterocycles. The van der Waals surface area contributed by atoms with E-state index in [1.165, 1.54) is 0 Å². The number of carboxylic acid groups (broad SMARTS) is 1. The van der Waals surface area contributed by atoms with E-state index in [1.54, 1.807) is 4.90 Å². The van der Waals surface area contributed by atoms with Crippen molar-refractivity contribution < 1.29 is 27.5 Å². The smallest absolute Gasteiger partial charge is 0.341 e. The third-order valence-corrected chi connectivity index (χ3v) is 6.19. The maximum Gasteiger partial charge on any atom is 0.341 e. The zero-order valence-corrected chi connectivity index (χ0v) is 17.8. The van der Waals surface area contributed by atoms with Crippen molar-refractivity contribution in [3.05, 3.63) is 69.5 Å². The number of fused-ring (bicyclic) bond motifs is 3. The van der Waals surface area contributed by atoms with Gasteiger partial charge in [-0.2, -0.15) is 0 Å². The largest absolute Gasteiger partial charge is 0.477 e. The summed E-state index contributed by atoms with van der Waals surface area (Å²) in [7, 11) is 0. The zero-order chi connectivity index (χ0) is 22.7. The highest BCUT2D eigenvalue weighted by molar-refractivity contribution is 5.94. The lowest BCUT2D eigenvalue weighted by Gasteiger charge is -2.36. The second-order valence-corrected chi connectivity index (χ2v) is 8.00. The molecule has 6 nitrogen and oxygen atoms in total. The van der Waals surface area contributed by atoms with E-state index in [0.29, 0.717) is 32.1 Å². The molecule has 0 saturated carbocycles. The minimum Gasteiger partial charge on any atom is -0.477 e. The van der Waals surface area contributed by atoms with E-state index in [-0.39, 0.29) is 29.8 Å². The Labute approximate surface area is 191 Å². The highest BCUT2D eigenvalue weighted by Crippen LogP contribution is 2.35. The van der Waals surface area contributed by atoms with Crippen LogP contribution >= 0.6 is 12.4 Å². The lowest BCUT2D eigenvalue weighted by Crippen LogP contribution is -2.47. The molecular weight excluding hydrogens is 466 g/mol. The monoisotopic (exact) mass is 483 g/mol. The third kappa shape index (κ3) is 3.63. The average molecular weight is 484 g/mol. The summed E-state index contributed by atoms with van der Waals surface area (Å²) < 4.78 is 59.9. The number of carbonyl (C=O) groups is 1. The maximum absolute atomic E-state index is 15.9. The molecule has 2 unspecified atom stereocenters. The molecule has 1 N–H and O–H groups in total. The fourth-order valence-electron chi connectivity index (χ4n) is 4.68. The number of carboxylic acids is 1. The summed E-state index contributed by atoms with van der Waals surface area (Å²) in [6, 6.07) is 3.15. The normalized spacial score (nSPS) is 19.6. The van der Waals surface area contributed by atoms with Gasteiger partial charge in [0, 0.05) is 44.5 Å². The van der Waals surface area contributed by atoms with Gasteiger partial charge >= 0.3 is 5.97 Å². The quantitative estimate of drug-likeness (QED) is 0.577. The van der Waals surface area contributed by atoms with Gasteiger partial charge in [0.25, 0.3) is 0 Å². The first-order chi connectivity index (χ1) is 15.3. The Kier molecular flexibility index (Phi) is 5.83. The number of halogens is 5. The Morgan fingerprint density at radius 1 is 1.03 bits per heavy atom. The first-order valence-electron chi connectivity index (χ1n) is 10.0. The molecule has 2 bridgehead atoms. The van der Waals surface area contributed by atoms with Gasteiger partial charge in [-0.05, 0) is 24.6 Å². The van der Waals surface area contributed by atoms with Gasteiger partial charge < -0.3 is 14.6 Å². The standard InChI is InChI=1S/C22H17F4N3O3.ClH/c23-11-1-2-17(15(24)7-11)29-10-14(22(31)32)21(30)13-8-16(25)20(18(26)19(13)29)28-6-5-27-4-3-12(28)9-27;/h1-2,7-8,10,12H,3-6,9H2,(H,31,32);1H. The molecule has 2 aromatic carbocycles. The Morgan fingerprint density at radius 2 is 1.79 bits per heavy atom. The van der Waals surface area contributed by atoms with E-state index in [1.807, 2.05) is 0 Å². The van der Waals surface area contributed by atoms with Crippen LogP contribution in [0.15, 0.2) is 35.3 Å². The number of piperazine rings is 1. The number of benzene rings is 2. The molecule has 2 aliphatic rings. The predicted octanol–water partition coefficient (Wildman–Crippen LogP) is 3.56. The van der Waals surface area contributed by atoms with Crippen LogP contribution in [0.2, 0.25) is 0 Å². The van der Waals surface area contributed by atoms with E-state index in [9.17, 15) is 23.5 Å². The maximum atomic E-state index is 15.9. The van der Waals surface area contributed by atoms with Crippen molar-refractivity contribution >= 4 is 35.0 Å². The van der Waals surface area contributed by atoms with E-state index in [2.05, 4.69) is 4.90 Å². The Morgan fingerprint density at radius 3 is 2.48 bits per heavy atom. The molecule has 2 fully saturated rings. The van der Waals surface area contributed by atoms with Crippen LogP contribution in [-0.4, -0.2) is 52.8 Å².